The third-order valence-corrected chi connectivity index (χ3v) is 3.64. The molecule has 0 saturated carbocycles. The summed E-state index contributed by atoms with van der Waals surface area (Å²) in [5.74, 6) is 0.154. The summed E-state index contributed by atoms with van der Waals surface area (Å²) in [4.78, 5) is 14.7. The van der Waals surface area contributed by atoms with Crippen molar-refractivity contribution in [1.82, 2.24) is 10.2 Å². The van der Waals surface area contributed by atoms with Gasteiger partial charge in [-0.25, -0.2) is 0 Å². The third kappa shape index (κ3) is 2.56. The number of aryl methyl sites for hydroxylation is 1. The van der Waals surface area contributed by atoms with Gasteiger partial charge in [0, 0.05) is 24.2 Å². The standard InChI is InChI=1S/C15H22N2O/c1-12-7-4-5-8-13(12)14(18)17-10-6-9-16-11-15(17,2)3/h4-5,7-8,16H,6,9-11H2,1-3H3. The van der Waals surface area contributed by atoms with Crippen LogP contribution in [0.25, 0.3) is 0 Å². The first-order chi connectivity index (χ1) is 8.52. The van der Waals surface area contributed by atoms with Crippen molar-refractivity contribution >= 4 is 5.91 Å². The van der Waals surface area contributed by atoms with Gasteiger partial charge in [0.05, 0.1) is 0 Å². The zero-order chi connectivity index (χ0) is 13.2. The monoisotopic (exact) mass is 246 g/mol. The molecule has 3 nitrogen and oxygen atoms in total. The number of hydrogen-bond acceptors (Lipinski definition) is 2. The Morgan fingerprint density at radius 3 is 2.78 bits per heavy atom. The molecule has 0 radical (unpaired) electrons. The zero-order valence-corrected chi connectivity index (χ0v) is 11.5. The van der Waals surface area contributed by atoms with Crippen LogP contribution in [0.1, 0.15) is 36.2 Å². The molecule has 98 valence electrons. The van der Waals surface area contributed by atoms with Crippen LogP contribution in [0.2, 0.25) is 0 Å². The van der Waals surface area contributed by atoms with Crippen molar-refractivity contribution in [2.24, 2.45) is 0 Å². The normalized spacial score (nSPS) is 19.4. The summed E-state index contributed by atoms with van der Waals surface area (Å²) in [5, 5.41) is 3.39. The Morgan fingerprint density at radius 2 is 2.06 bits per heavy atom. The molecular formula is C15H22N2O. The van der Waals surface area contributed by atoms with E-state index in [4.69, 9.17) is 0 Å². The smallest absolute Gasteiger partial charge is 0.254 e. The molecule has 0 spiro atoms. The summed E-state index contributed by atoms with van der Waals surface area (Å²) in [6.45, 7) is 8.91. The molecule has 1 aliphatic heterocycles. The van der Waals surface area contributed by atoms with Gasteiger partial charge in [-0.15, -0.1) is 0 Å². The molecule has 0 aliphatic carbocycles. The summed E-state index contributed by atoms with van der Waals surface area (Å²) in [5.41, 5.74) is 1.75. The minimum Gasteiger partial charge on any atom is -0.332 e. The molecule has 1 saturated heterocycles. The molecule has 0 atom stereocenters. The number of nitrogens with one attached hydrogen (secondary N) is 1. The van der Waals surface area contributed by atoms with Crippen LogP contribution in [0.5, 0.6) is 0 Å². The van der Waals surface area contributed by atoms with Crippen molar-refractivity contribution < 1.29 is 4.79 Å². The van der Waals surface area contributed by atoms with Gasteiger partial charge in [-0.2, -0.15) is 0 Å². The maximum absolute atomic E-state index is 12.7. The first kappa shape index (κ1) is 13.1. The zero-order valence-electron chi connectivity index (χ0n) is 11.5. The van der Waals surface area contributed by atoms with Crippen molar-refractivity contribution in [2.75, 3.05) is 19.6 Å². The fourth-order valence-corrected chi connectivity index (χ4v) is 2.49. The van der Waals surface area contributed by atoms with E-state index in [9.17, 15) is 4.79 Å². The molecule has 1 fully saturated rings. The van der Waals surface area contributed by atoms with Gasteiger partial charge < -0.3 is 10.2 Å². The van der Waals surface area contributed by atoms with Crippen LogP contribution in [-0.2, 0) is 0 Å². The molecule has 0 unspecified atom stereocenters. The minimum absolute atomic E-state index is 0.129. The number of amides is 1. The quantitative estimate of drug-likeness (QED) is 0.824. The van der Waals surface area contributed by atoms with E-state index in [0.717, 1.165) is 37.2 Å². The molecule has 1 aromatic carbocycles. The summed E-state index contributed by atoms with van der Waals surface area (Å²) in [6, 6.07) is 7.83. The molecule has 1 heterocycles. The predicted octanol–water partition coefficient (Wildman–Crippen LogP) is 2.21. The van der Waals surface area contributed by atoms with Crippen molar-refractivity contribution in [1.29, 1.82) is 0 Å². The summed E-state index contributed by atoms with van der Waals surface area (Å²) in [7, 11) is 0. The van der Waals surface area contributed by atoms with E-state index < -0.39 is 0 Å². The molecule has 1 aromatic rings. The molecule has 0 bridgehead atoms. The Balaban J connectivity index is 2.29. The number of hydrogen-bond donors (Lipinski definition) is 1. The summed E-state index contributed by atoms with van der Waals surface area (Å²) >= 11 is 0. The van der Waals surface area contributed by atoms with Gasteiger partial charge in [-0.3, -0.25) is 4.79 Å². The van der Waals surface area contributed by atoms with E-state index >= 15 is 0 Å². The second-order valence-corrected chi connectivity index (χ2v) is 5.61. The summed E-state index contributed by atoms with van der Waals surface area (Å²) < 4.78 is 0. The van der Waals surface area contributed by atoms with Crippen molar-refractivity contribution in [3.63, 3.8) is 0 Å². The highest BCUT2D eigenvalue weighted by molar-refractivity contribution is 5.96. The maximum Gasteiger partial charge on any atom is 0.254 e. The van der Waals surface area contributed by atoms with Gasteiger partial charge in [-0.05, 0) is 45.4 Å². The number of rotatable bonds is 1. The lowest BCUT2D eigenvalue weighted by Crippen LogP contribution is -2.51. The largest absolute Gasteiger partial charge is 0.332 e. The third-order valence-electron chi connectivity index (χ3n) is 3.64. The summed E-state index contributed by atoms with van der Waals surface area (Å²) in [6.07, 6.45) is 1.01. The van der Waals surface area contributed by atoms with Crippen molar-refractivity contribution in [2.45, 2.75) is 32.7 Å². The van der Waals surface area contributed by atoms with Crippen LogP contribution < -0.4 is 5.32 Å². The first-order valence-corrected chi connectivity index (χ1v) is 6.61. The van der Waals surface area contributed by atoms with Gasteiger partial charge in [0.25, 0.3) is 5.91 Å². The van der Waals surface area contributed by atoms with Crippen LogP contribution in [0, 0.1) is 6.92 Å². The highest BCUT2D eigenvalue weighted by Gasteiger charge is 2.32. The van der Waals surface area contributed by atoms with Gasteiger partial charge in [-0.1, -0.05) is 18.2 Å². The molecule has 2 rings (SSSR count). The minimum atomic E-state index is -0.129. The van der Waals surface area contributed by atoms with E-state index in [-0.39, 0.29) is 11.4 Å². The van der Waals surface area contributed by atoms with E-state index in [2.05, 4.69) is 19.2 Å². The Labute approximate surface area is 109 Å². The number of carbonyl (C=O) groups is 1. The van der Waals surface area contributed by atoms with Gasteiger partial charge in [0.2, 0.25) is 0 Å². The van der Waals surface area contributed by atoms with Crippen LogP contribution in [0.15, 0.2) is 24.3 Å². The molecule has 18 heavy (non-hydrogen) atoms. The lowest BCUT2D eigenvalue weighted by molar-refractivity contribution is 0.0577. The molecule has 1 aliphatic rings. The first-order valence-electron chi connectivity index (χ1n) is 6.61. The molecule has 0 aromatic heterocycles. The Morgan fingerprint density at radius 1 is 1.33 bits per heavy atom. The lowest BCUT2D eigenvalue weighted by atomic mass is 10.00. The highest BCUT2D eigenvalue weighted by Crippen LogP contribution is 2.21. The van der Waals surface area contributed by atoms with E-state index in [0.29, 0.717) is 0 Å². The maximum atomic E-state index is 12.7. The van der Waals surface area contributed by atoms with E-state index in [1.54, 1.807) is 0 Å². The number of carbonyl (C=O) groups excluding carboxylic acids is 1. The van der Waals surface area contributed by atoms with Crippen molar-refractivity contribution in [3.05, 3.63) is 35.4 Å². The average molecular weight is 246 g/mol. The van der Waals surface area contributed by atoms with Gasteiger partial charge >= 0.3 is 0 Å². The molecule has 1 N–H and O–H groups in total. The fourth-order valence-electron chi connectivity index (χ4n) is 2.49. The molecule has 1 amide bonds. The second kappa shape index (κ2) is 5.11. The number of nitrogens with zero attached hydrogens (tertiary/aromatic N) is 1. The molecular weight excluding hydrogens is 224 g/mol. The lowest BCUT2D eigenvalue weighted by Gasteiger charge is -2.37. The SMILES string of the molecule is Cc1ccccc1C(=O)N1CCCNCC1(C)C. The van der Waals surface area contributed by atoms with E-state index in [1.165, 1.54) is 0 Å². The Bertz CT molecular complexity index is 440. The molecule has 3 heteroatoms. The van der Waals surface area contributed by atoms with Crippen molar-refractivity contribution in [3.8, 4) is 0 Å². The van der Waals surface area contributed by atoms with Crippen LogP contribution in [0.4, 0.5) is 0 Å². The van der Waals surface area contributed by atoms with Gasteiger partial charge in [0.1, 0.15) is 0 Å². The Hall–Kier alpha value is -1.35. The Kier molecular flexibility index (Phi) is 3.71. The van der Waals surface area contributed by atoms with E-state index in [1.807, 2.05) is 36.1 Å². The van der Waals surface area contributed by atoms with Crippen LogP contribution in [0.3, 0.4) is 0 Å². The highest BCUT2D eigenvalue weighted by atomic mass is 16.2. The van der Waals surface area contributed by atoms with Crippen LogP contribution in [-0.4, -0.2) is 36.0 Å². The number of benzene rings is 1. The van der Waals surface area contributed by atoms with Crippen LogP contribution >= 0.6 is 0 Å². The predicted molar refractivity (Wildman–Crippen MR) is 73.8 cm³/mol. The average Bonchev–Trinajstić information content (AvgIpc) is 2.50. The fraction of sp³-hybridized carbons (Fsp3) is 0.533. The van der Waals surface area contributed by atoms with Gasteiger partial charge in [0.15, 0.2) is 0 Å². The topological polar surface area (TPSA) is 32.3 Å². The second-order valence-electron chi connectivity index (χ2n) is 5.61.